The summed E-state index contributed by atoms with van der Waals surface area (Å²) in [6, 6.07) is 24.1. The first-order valence-corrected chi connectivity index (χ1v) is 12.6. The van der Waals surface area contributed by atoms with Crippen LogP contribution in [0.2, 0.25) is 0 Å². The number of hydrogen-bond donors (Lipinski definition) is 0. The molecule has 3 aromatic carbocycles. The molecule has 8 heteroatoms. The van der Waals surface area contributed by atoms with Crippen LogP contribution in [0.1, 0.15) is 21.5 Å². The number of aromatic nitrogens is 2. The van der Waals surface area contributed by atoms with Crippen LogP contribution >= 0.6 is 0 Å². The minimum absolute atomic E-state index is 0.0895. The topological polar surface area (TPSA) is 86.8 Å². The van der Waals surface area contributed by atoms with E-state index in [9.17, 15) is 4.79 Å². The van der Waals surface area contributed by atoms with E-state index in [1.54, 1.807) is 19.1 Å². The molecule has 0 spiro atoms. The Morgan fingerprint density at radius 2 is 1.92 bits per heavy atom. The predicted molar refractivity (Wildman–Crippen MR) is 148 cm³/mol. The number of rotatable bonds is 9. The molecule has 0 radical (unpaired) electrons. The van der Waals surface area contributed by atoms with Crippen LogP contribution in [0.15, 0.2) is 77.9 Å². The molecule has 192 valence electrons. The van der Waals surface area contributed by atoms with Gasteiger partial charge >= 0.3 is 0 Å². The number of nitrogens with zero attached hydrogens (tertiary/aromatic N) is 6. The number of likely N-dealkylation sites (N-methyl/N-ethyl adjacent to an activating group) is 1. The molecule has 8 nitrogen and oxygen atoms in total. The van der Waals surface area contributed by atoms with Crippen molar-refractivity contribution in [2.75, 3.05) is 33.9 Å². The Hall–Kier alpha value is -4.48. The highest BCUT2D eigenvalue weighted by Crippen LogP contribution is 2.31. The molecule has 0 aliphatic carbocycles. The van der Waals surface area contributed by atoms with Gasteiger partial charge in [0.25, 0.3) is 5.91 Å². The van der Waals surface area contributed by atoms with Gasteiger partial charge in [-0.05, 0) is 28.5 Å². The molecule has 1 amide bonds. The number of ether oxygens (including phenoxy) is 1. The Morgan fingerprint density at radius 1 is 1.13 bits per heavy atom. The Labute approximate surface area is 222 Å². The summed E-state index contributed by atoms with van der Waals surface area (Å²) in [5, 5.41) is 16.2. The van der Waals surface area contributed by atoms with Crippen LogP contribution < -0.4 is 0 Å². The molecule has 0 fully saturated rings. The fourth-order valence-corrected chi connectivity index (χ4v) is 4.75. The molecule has 0 saturated carbocycles. The van der Waals surface area contributed by atoms with Gasteiger partial charge in [-0.25, -0.2) is 0 Å². The third kappa shape index (κ3) is 5.29. The molecule has 38 heavy (non-hydrogen) atoms. The van der Waals surface area contributed by atoms with E-state index >= 15 is 0 Å². The fourth-order valence-electron chi connectivity index (χ4n) is 4.75. The van der Waals surface area contributed by atoms with Crippen molar-refractivity contribution in [3.8, 4) is 17.3 Å². The fraction of sp³-hybridized carbons (Fsp3) is 0.267. The van der Waals surface area contributed by atoms with Crippen molar-refractivity contribution in [3.05, 3.63) is 89.6 Å². The molecule has 1 aromatic heterocycles. The largest absolute Gasteiger partial charge is 0.383 e. The number of benzene rings is 3. The third-order valence-corrected chi connectivity index (χ3v) is 6.88. The molecule has 2 heterocycles. The van der Waals surface area contributed by atoms with Gasteiger partial charge in [-0.3, -0.25) is 14.5 Å². The van der Waals surface area contributed by atoms with Gasteiger partial charge in [0.05, 0.1) is 49.3 Å². The second-order valence-electron chi connectivity index (χ2n) is 9.48. The molecule has 4 aromatic rings. The quantitative estimate of drug-likeness (QED) is 0.340. The monoisotopic (exact) mass is 506 g/mol. The summed E-state index contributed by atoms with van der Waals surface area (Å²) in [6.07, 6.45) is 3.74. The first-order chi connectivity index (χ1) is 18.6. The van der Waals surface area contributed by atoms with Crippen LogP contribution in [-0.2, 0) is 17.8 Å². The maximum atomic E-state index is 13.5. The molecule has 1 unspecified atom stereocenters. The number of amides is 1. The van der Waals surface area contributed by atoms with Gasteiger partial charge in [-0.1, -0.05) is 54.6 Å². The molecule has 0 bridgehead atoms. The Balaban J connectivity index is 1.45. The predicted octanol–water partition coefficient (Wildman–Crippen LogP) is 4.21. The van der Waals surface area contributed by atoms with Gasteiger partial charge < -0.3 is 14.5 Å². The van der Waals surface area contributed by atoms with Gasteiger partial charge in [0, 0.05) is 39.0 Å². The lowest BCUT2D eigenvalue weighted by molar-refractivity contribution is 0.0745. The highest BCUT2D eigenvalue weighted by Gasteiger charge is 2.26. The Kier molecular flexibility index (Phi) is 7.47. The van der Waals surface area contributed by atoms with E-state index in [1.807, 2.05) is 65.7 Å². The van der Waals surface area contributed by atoms with Gasteiger partial charge in [-0.2, -0.15) is 10.4 Å². The van der Waals surface area contributed by atoms with E-state index in [2.05, 4.69) is 34.2 Å². The minimum atomic E-state index is -0.0895. The van der Waals surface area contributed by atoms with Gasteiger partial charge in [0.15, 0.2) is 0 Å². The van der Waals surface area contributed by atoms with E-state index in [-0.39, 0.29) is 11.9 Å². The molecule has 1 atom stereocenters. The van der Waals surface area contributed by atoms with Crippen LogP contribution in [0.5, 0.6) is 0 Å². The summed E-state index contributed by atoms with van der Waals surface area (Å²) in [5.74, 6) is -0.0895. The van der Waals surface area contributed by atoms with E-state index in [1.165, 1.54) is 0 Å². The van der Waals surface area contributed by atoms with Crippen molar-refractivity contribution in [1.29, 1.82) is 5.26 Å². The smallest absolute Gasteiger partial charge is 0.257 e. The van der Waals surface area contributed by atoms with Crippen molar-refractivity contribution in [2.24, 2.45) is 4.99 Å². The highest BCUT2D eigenvalue weighted by atomic mass is 16.5. The third-order valence-electron chi connectivity index (χ3n) is 6.88. The average molecular weight is 507 g/mol. The van der Waals surface area contributed by atoms with E-state index in [0.717, 1.165) is 21.9 Å². The average Bonchev–Trinajstić information content (AvgIpc) is 3.58. The molecule has 0 N–H and O–H groups in total. The van der Waals surface area contributed by atoms with Crippen molar-refractivity contribution in [3.63, 3.8) is 0 Å². The van der Waals surface area contributed by atoms with Crippen LogP contribution in [0.3, 0.4) is 0 Å². The highest BCUT2D eigenvalue weighted by molar-refractivity contribution is 6.04. The zero-order valence-corrected chi connectivity index (χ0v) is 21.6. The van der Waals surface area contributed by atoms with E-state index < -0.39 is 0 Å². The van der Waals surface area contributed by atoms with Gasteiger partial charge in [-0.15, -0.1) is 0 Å². The first kappa shape index (κ1) is 25.2. The molecule has 1 aliphatic heterocycles. The summed E-state index contributed by atoms with van der Waals surface area (Å²) in [7, 11) is 3.42. The number of nitriles is 1. The lowest BCUT2D eigenvalue weighted by atomic mass is 10.00. The Morgan fingerprint density at radius 3 is 2.71 bits per heavy atom. The summed E-state index contributed by atoms with van der Waals surface area (Å²) < 4.78 is 7.06. The summed E-state index contributed by atoms with van der Waals surface area (Å²) in [5.41, 5.74) is 3.93. The SMILES string of the molecule is COCCN(C)C(=O)c1cn(CC2CN=CN2Cc2ccc(C#N)cc2)nc1-c1cccc2ccccc12. The molecule has 5 rings (SSSR count). The van der Waals surface area contributed by atoms with Crippen LogP contribution in [0.4, 0.5) is 0 Å². The standard InChI is InChI=1S/C30H30N6O2/c1-34(14-15-38-2)30(37)28-20-36(33-29(28)27-9-5-7-24-6-3-4-8-26(24)27)19-25-17-32-21-35(25)18-23-12-10-22(16-31)11-13-23/h3-13,20-21,25H,14-15,17-19H2,1-2H3. The molecular weight excluding hydrogens is 476 g/mol. The van der Waals surface area contributed by atoms with Gasteiger partial charge in [0.2, 0.25) is 0 Å². The van der Waals surface area contributed by atoms with Crippen LogP contribution in [-0.4, -0.2) is 71.7 Å². The zero-order chi connectivity index (χ0) is 26.5. The number of hydrogen-bond acceptors (Lipinski definition) is 6. The second-order valence-corrected chi connectivity index (χ2v) is 9.48. The van der Waals surface area contributed by atoms with Crippen molar-refractivity contribution in [1.82, 2.24) is 19.6 Å². The van der Waals surface area contributed by atoms with Crippen molar-refractivity contribution in [2.45, 2.75) is 19.1 Å². The maximum Gasteiger partial charge on any atom is 0.257 e. The van der Waals surface area contributed by atoms with Crippen molar-refractivity contribution < 1.29 is 9.53 Å². The van der Waals surface area contributed by atoms with Crippen molar-refractivity contribution >= 4 is 23.0 Å². The molecule has 0 saturated heterocycles. The summed E-state index contributed by atoms with van der Waals surface area (Å²) >= 11 is 0. The molecular formula is C30H30N6O2. The van der Waals surface area contributed by atoms with Crippen LogP contribution in [0.25, 0.3) is 22.0 Å². The van der Waals surface area contributed by atoms with Gasteiger partial charge in [0.1, 0.15) is 5.69 Å². The number of carbonyl (C=O) groups is 1. The normalized spacial score (nSPS) is 14.7. The van der Waals surface area contributed by atoms with E-state index in [0.29, 0.717) is 49.6 Å². The second kappa shape index (κ2) is 11.3. The lowest BCUT2D eigenvalue weighted by Gasteiger charge is -2.24. The first-order valence-electron chi connectivity index (χ1n) is 12.6. The number of fused-ring (bicyclic) bond motifs is 1. The number of aliphatic imine (C=N–C) groups is 1. The van der Waals surface area contributed by atoms with Crippen LogP contribution in [0, 0.1) is 11.3 Å². The van der Waals surface area contributed by atoms with E-state index in [4.69, 9.17) is 15.1 Å². The Bertz CT molecular complexity index is 1500. The zero-order valence-electron chi connectivity index (χ0n) is 21.6. The number of carbonyl (C=O) groups excluding carboxylic acids is 1. The minimum Gasteiger partial charge on any atom is -0.383 e. The maximum absolute atomic E-state index is 13.5. The summed E-state index contributed by atoms with van der Waals surface area (Å²) in [4.78, 5) is 21.9. The number of methoxy groups -OCH3 is 1. The molecule has 1 aliphatic rings. The lowest BCUT2D eigenvalue weighted by Crippen LogP contribution is -2.35. The summed E-state index contributed by atoms with van der Waals surface area (Å²) in [6.45, 7) is 2.87.